The van der Waals surface area contributed by atoms with Crippen LogP contribution in [0.2, 0.25) is 0 Å². The first-order valence-corrected chi connectivity index (χ1v) is 5.10. The van der Waals surface area contributed by atoms with Crippen LogP contribution in [0.1, 0.15) is 18.1 Å². The van der Waals surface area contributed by atoms with Crippen molar-refractivity contribution in [2.75, 3.05) is 0 Å². The maximum atomic E-state index is 5.72. The Morgan fingerprint density at radius 3 is 2.73 bits per heavy atom. The van der Waals surface area contributed by atoms with Crippen molar-refractivity contribution < 1.29 is 0 Å². The highest BCUT2D eigenvalue weighted by Crippen LogP contribution is 2.23. The molecule has 0 saturated heterocycles. The van der Waals surface area contributed by atoms with Crippen LogP contribution < -0.4 is 5.73 Å². The maximum absolute atomic E-state index is 5.72. The van der Waals surface area contributed by atoms with Crippen molar-refractivity contribution in [2.24, 2.45) is 5.73 Å². The van der Waals surface area contributed by atoms with Crippen LogP contribution >= 0.6 is 0 Å². The molecular formula is C14H15N. The summed E-state index contributed by atoms with van der Waals surface area (Å²) in [6.07, 6.45) is 0. The van der Waals surface area contributed by atoms with Crippen LogP contribution in [-0.4, -0.2) is 0 Å². The molecule has 1 heteroatoms. The van der Waals surface area contributed by atoms with Gasteiger partial charge in [-0.05, 0) is 34.9 Å². The van der Waals surface area contributed by atoms with Crippen LogP contribution in [-0.2, 0) is 6.54 Å². The lowest BCUT2D eigenvalue weighted by atomic mass is 9.99. The first-order chi connectivity index (χ1) is 7.22. The fraction of sp³-hybridized carbons (Fsp3) is 0.143. The number of hydrogen-bond donors (Lipinski definition) is 1. The molecule has 2 rings (SSSR count). The van der Waals surface area contributed by atoms with Gasteiger partial charge in [0.15, 0.2) is 0 Å². The molecule has 0 aliphatic carbocycles. The number of fused-ring (bicyclic) bond motifs is 1. The molecule has 76 valence electrons. The lowest BCUT2D eigenvalue weighted by Crippen LogP contribution is -1.97. The Hall–Kier alpha value is -1.60. The molecule has 0 atom stereocenters. The molecule has 0 heterocycles. The van der Waals surface area contributed by atoms with Gasteiger partial charge < -0.3 is 5.73 Å². The fourth-order valence-corrected chi connectivity index (χ4v) is 1.78. The van der Waals surface area contributed by atoms with Crippen LogP contribution in [0.5, 0.6) is 0 Å². The average Bonchev–Trinajstić information content (AvgIpc) is 2.27. The first kappa shape index (κ1) is 9.94. The minimum Gasteiger partial charge on any atom is -0.326 e. The zero-order chi connectivity index (χ0) is 10.8. The molecule has 0 aliphatic rings. The first-order valence-electron chi connectivity index (χ1n) is 5.10. The van der Waals surface area contributed by atoms with E-state index in [1.54, 1.807) is 0 Å². The summed E-state index contributed by atoms with van der Waals surface area (Å²) in [6, 6.07) is 12.6. The van der Waals surface area contributed by atoms with Crippen LogP contribution in [0.3, 0.4) is 0 Å². The lowest BCUT2D eigenvalue weighted by molar-refractivity contribution is 1.09. The predicted molar refractivity (Wildman–Crippen MR) is 66.5 cm³/mol. The van der Waals surface area contributed by atoms with E-state index in [2.05, 4.69) is 36.9 Å². The second-order valence-corrected chi connectivity index (χ2v) is 3.84. The monoisotopic (exact) mass is 197 g/mol. The molecule has 0 unspecified atom stereocenters. The van der Waals surface area contributed by atoms with E-state index in [0.717, 1.165) is 5.57 Å². The Morgan fingerprint density at radius 2 is 2.07 bits per heavy atom. The van der Waals surface area contributed by atoms with E-state index in [-0.39, 0.29) is 0 Å². The molecule has 2 aromatic carbocycles. The minimum absolute atomic E-state index is 0.580. The molecule has 0 aliphatic heterocycles. The lowest BCUT2D eigenvalue weighted by Gasteiger charge is -2.06. The number of allylic oxidation sites excluding steroid dienone is 1. The Bertz CT molecular complexity index is 512. The third-order valence-electron chi connectivity index (χ3n) is 2.69. The zero-order valence-corrected chi connectivity index (χ0v) is 8.96. The Kier molecular flexibility index (Phi) is 2.57. The Balaban J connectivity index is 2.72. The third kappa shape index (κ3) is 1.79. The van der Waals surface area contributed by atoms with Crippen molar-refractivity contribution in [3.05, 3.63) is 54.1 Å². The number of hydrogen-bond acceptors (Lipinski definition) is 1. The molecule has 0 saturated carbocycles. The van der Waals surface area contributed by atoms with Gasteiger partial charge in [0, 0.05) is 6.54 Å². The second-order valence-electron chi connectivity index (χ2n) is 3.84. The molecule has 2 aromatic rings. The maximum Gasteiger partial charge on any atom is 0.0184 e. The van der Waals surface area contributed by atoms with Crippen molar-refractivity contribution in [3.63, 3.8) is 0 Å². The molecule has 0 fully saturated rings. The van der Waals surface area contributed by atoms with E-state index in [0.29, 0.717) is 6.54 Å². The summed E-state index contributed by atoms with van der Waals surface area (Å²) in [5, 5.41) is 2.48. The van der Waals surface area contributed by atoms with Crippen molar-refractivity contribution in [2.45, 2.75) is 13.5 Å². The van der Waals surface area contributed by atoms with Crippen LogP contribution in [0.15, 0.2) is 43.0 Å². The van der Waals surface area contributed by atoms with Gasteiger partial charge in [0.2, 0.25) is 0 Å². The van der Waals surface area contributed by atoms with Crippen LogP contribution in [0, 0.1) is 0 Å². The van der Waals surface area contributed by atoms with E-state index in [1.807, 2.05) is 13.0 Å². The molecule has 0 aromatic heterocycles. The second kappa shape index (κ2) is 3.87. The van der Waals surface area contributed by atoms with E-state index in [1.165, 1.54) is 21.9 Å². The van der Waals surface area contributed by atoms with Gasteiger partial charge >= 0.3 is 0 Å². The molecule has 0 amide bonds. The smallest absolute Gasteiger partial charge is 0.0184 e. The van der Waals surface area contributed by atoms with Crippen molar-refractivity contribution >= 4 is 16.3 Å². The van der Waals surface area contributed by atoms with Crippen LogP contribution in [0.4, 0.5) is 0 Å². The van der Waals surface area contributed by atoms with Gasteiger partial charge in [-0.15, -0.1) is 0 Å². The zero-order valence-electron chi connectivity index (χ0n) is 8.96. The van der Waals surface area contributed by atoms with Crippen molar-refractivity contribution in [1.82, 2.24) is 0 Å². The average molecular weight is 197 g/mol. The highest BCUT2D eigenvalue weighted by Gasteiger charge is 2.00. The number of benzene rings is 2. The summed E-state index contributed by atoms with van der Waals surface area (Å²) < 4.78 is 0. The van der Waals surface area contributed by atoms with Crippen molar-refractivity contribution in [3.8, 4) is 0 Å². The quantitative estimate of drug-likeness (QED) is 0.785. The number of nitrogens with two attached hydrogens (primary N) is 1. The largest absolute Gasteiger partial charge is 0.326 e. The molecule has 15 heavy (non-hydrogen) atoms. The van der Waals surface area contributed by atoms with E-state index >= 15 is 0 Å². The van der Waals surface area contributed by atoms with E-state index < -0.39 is 0 Å². The van der Waals surface area contributed by atoms with Gasteiger partial charge in [0.1, 0.15) is 0 Å². The minimum atomic E-state index is 0.580. The molecule has 1 nitrogen and oxygen atoms in total. The summed E-state index contributed by atoms with van der Waals surface area (Å²) in [6.45, 7) is 6.56. The van der Waals surface area contributed by atoms with Crippen LogP contribution in [0.25, 0.3) is 16.3 Å². The topological polar surface area (TPSA) is 26.0 Å². The van der Waals surface area contributed by atoms with Crippen molar-refractivity contribution in [1.29, 1.82) is 0 Å². The van der Waals surface area contributed by atoms with Gasteiger partial charge in [-0.3, -0.25) is 0 Å². The van der Waals surface area contributed by atoms with E-state index in [9.17, 15) is 0 Å². The Labute approximate surface area is 90.2 Å². The standard InChI is InChI=1S/C14H15N/c1-10(2)12-7-6-11-4-3-5-13(9-15)14(11)8-12/h3-8H,1,9,15H2,2H3. The Morgan fingerprint density at radius 1 is 1.27 bits per heavy atom. The molecule has 0 bridgehead atoms. The predicted octanol–water partition coefficient (Wildman–Crippen LogP) is 3.33. The summed E-state index contributed by atoms with van der Waals surface area (Å²) in [5.41, 5.74) is 9.18. The molecule has 2 N–H and O–H groups in total. The highest BCUT2D eigenvalue weighted by atomic mass is 14.5. The fourth-order valence-electron chi connectivity index (χ4n) is 1.78. The number of rotatable bonds is 2. The molecular weight excluding hydrogens is 182 g/mol. The highest BCUT2D eigenvalue weighted by molar-refractivity contribution is 5.88. The summed E-state index contributed by atoms with van der Waals surface area (Å²) in [7, 11) is 0. The summed E-state index contributed by atoms with van der Waals surface area (Å²) >= 11 is 0. The SMILES string of the molecule is C=C(C)c1ccc2cccc(CN)c2c1. The molecule has 0 spiro atoms. The normalized spacial score (nSPS) is 10.5. The third-order valence-corrected chi connectivity index (χ3v) is 2.69. The van der Waals surface area contributed by atoms with Gasteiger partial charge in [-0.25, -0.2) is 0 Å². The van der Waals surface area contributed by atoms with E-state index in [4.69, 9.17) is 5.73 Å². The van der Waals surface area contributed by atoms with Gasteiger partial charge in [0.25, 0.3) is 0 Å². The van der Waals surface area contributed by atoms with Gasteiger partial charge in [-0.1, -0.05) is 42.5 Å². The van der Waals surface area contributed by atoms with Gasteiger partial charge in [-0.2, -0.15) is 0 Å². The summed E-state index contributed by atoms with van der Waals surface area (Å²) in [5.74, 6) is 0. The molecule has 0 radical (unpaired) electrons. The summed E-state index contributed by atoms with van der Waals surface area (Å²) in [4.78, 5) is 0. The van der Waals surface area contributed by atoms with Gasteiger partial charge in [0.05, 0.1) is 0 Å².